The number of ether oxygens (including phenoxy) is 1. The number of hydrogen-bond acceptors (Lipinski definition) is 3. The highest BCUT2D eigenvalue weighted by atomic mass is 16.5. The summed E-state index contributed by atoms with van der Waals surface area (Å²) in [6, 6.07) is -0.0549. The van der Waals surface area contributed by atoms with Gasteiger partial charge < -0.3 is 19.6 Å². The van der Waals surface area contributed by atoms with Crippen LogP contribution < -0.4 is 0 Å². The summed E-state index contributed by atoms with van der Waals surface area (Å²) in [5.74, 6) is -1.23. The first-order valence-electron chi connectivity index (χ1n) is 6.37. The maximum atomic E-state index is 12.3. The van der Waals surface area contributed by atoms with Gasteiger partial charge in [-0.1, -0.05) is 6.92 Å². The fourth-order valence-electron chi connectivity index (χ4n) is 2.64. The third-order valence-electron chi connectivity index (χ3n) is 3.71. The minimum absolute atomic E-state index is 0.0184. The fourth-order valence-corrected chi connectivity index (χ4v) is 2.64. The van der Waals surface area contributed by atoms with Crippen molar-refractivity contribution in [1.82, 2.24) is 9.80 Å². The van der Waals surface area contributed by atoms with Crippen LogP contribution in [0.5, 0.6) is 0 Å². The van der Waals surface area contributed by atoms with Crippen LogP contribution in [0.1, 0.15) is 13.8 Å². The van der Waals surface area contributed by atoms with Gasteiger partial charge in [0.05, 0.1) is 18.6 Å². The number of carboxylic acids is 1. The molecule has 0 spiro atoms. The standard InChI is InChI=1S/C12H20N2O4/c1-8-5-14(7-10(8)11(15)16)12(17)13-3-4-18-9(2)6-13/h8-10H,3-7H2,1-2H3,(H,15,16)/t8-,9?,10-/m1/s1. The zero-order chi connectivity index (χ0) is 13.3. The Hall–Kier alpha value is -1.30. The van der Waals surface area contributed by atoms with E-state index >= 15 is 0 Å². The van der Waals surface area contributed by atoms with Crippen LogP contribution in [0.3, 0.4) is 0 Å². The van der Waals surface area contributed by atoms with Crippen molar-refractivity contribution >= 4 is 12.0 Å². The van der Waals surface area contributed by atoms with Gasteiger partial charge in [-0.15, -0.1) is 0 Å². The Morgan fingerprint density at radius 3 is 2.44 bits per heavy atom. The highest BCUT2D eigenvalue weighted by Gasteiger charge is 2.38. The number of amides is 2. The number of carbonyl (C=O) groups excluding carboxylic acids is 1. The first-order valence-corrected chi connectivity index (χ1v) is 6.37. The molecular formula is C12H20N2O4. The number of urea groups is 1. The lowest BCUT2D eigenvalue weighted by Gasteiger charge is -2.34. The van der Waals surface area contributed by atoms with Gasteiger partial charge in [0.2, 0.25) is 0 Å². The normalized spacial score (nSPS) is 32.7. The Balaban J connectivity index is 1.96. The molecule has 0 aromatic carbocycles. The SMILES string of the molecule is CC1CN(C(=O)N2C[C@@H](C)[C@H](C(=O)O)C2)CCO1. The lowest BCUT2D eigenvalue weighted by molar-refractivity contribution is -0.142. The monoisotopic (exact) mass is 256 g/mol. The number of aliphatic carboxylic acids is 1. The van der Waals surface area contributed by atoms with Gasteiger partial charge in [-0.3, -0.25) is 4.79 Å². The van der Waals surface area contributed by atoms with Gasteiger partial charge in [0.25, 0.3) is 0 Å². The van der Waals surface area contributed by atoms with E-state index in [1.54, 1.807) is 9.80 Å². The summed E-state index contributed by atoms with van der Waals surface area (Å²) in [4.78, 5) is 26.7. The van der Waals surface area contributed by atoms with Crippen molar-refractivity contribution in [2.24, 2.45) is 11.8 Å². The highest BCUT2D eigenvalue weighted by Crippen LogP contribution is 2.24. The third kappa shape index (κ3) is 2.58. The van der Waals surface area contributed by atoms with Crippen LogP contribution in [-0.4, -0.2) is 65.8 Å². The molecule has 2 rings (SSSR count). The molecule has 1 N–H and O–H groups in total. The van der Waals surface area contributed by atoms with Gasteiger partial charge in [0.1, 0.15) is 0 Å². The summed E-state index contributed by atoms with van der Waals surface area (Å²) in [7, 11) is 0. The van der Waals surface area contributed by atoms with Crippen LogP contribution >= 0.6 is 0 Å². The van der Waals surface area contributed by atoms with Crippen LogP contribution in [0.25, 0.3) is 0 Å². The molecule has 0 bridgehead atoms. The second-order valence-corrected chi connectivity index (χ2v) is 5.24. The Morgan fingerprint density at radius 2 is 1.89 bits per heavy atom. The fraction of sp³-hybridized carbons (Fsp3) is 0.833. The van der Waals surface area contributed by atoms with Gasteiger partial charge in [-0.2, -0.15) is 0 Å². The van der Waals surface area contributed by atoms with E-state index in [0.29, 0.717) is 32.8 Å². The van der Waals surface area contributed by atoms with Crippen molar-refractivity contribution < 1.29 is 19.4 Å². The number of carbonyl (C=O) groups is 2. The maximum absolute atomic E-state index is 12.3. The smallest absolute Gasteiger partial charge is 0.320 e. The van der Waals surface area contributed by atoms with E-state index in [1.807, 2.05) is 13.8 Å². The van der Waals surface area contributed by atoms with Crippen LogP contribution in [0.4, 0.5) is 4.79 Å². The molecule has 0 saturated carbocycles. The molecule has 0 aliphatic carbocycles. The van der Waals surface area contributed by atoms with Gasteiger partial charge >= 0.3 is 12.0 Å². The van der Waals surface area contributed by atoms with Crippen molar-refractivity contribution in [2.45, 2.75) is 20.0 Å². The quantitative estimate of drug-likeness (QED) is 0.741. The van der Waals surface area contributed by atoms with Crippen LogP contribution in [0, 0.1) is 11.8 Å². The number of morpholine rings is 1. The average Bonchev–Trinajstić information content (AvgIpc) is 2.70. The third-order valence-corrected chi connectivity index (χ3v) is 3.71. The molecule has 2 heterocycles. The molecule has 3 atom stereocenters. The molecule has 6 heteroatoms. The summed E-state index contributed by atoms with van der Waals surface area (Å²) in [6.07, 6.45) is 0.0537. The molecule has 2 amide bonds. The topological polar surface area (TPSA) is 70.1 Å². The lowest BCUT2D eigenvalue weighted by Crippen LogP contribution is -2.50. The van der Waals surface area contributed by atoms with Crippen LogP contribution in [0.15, 0.2) is 0 Å². The second-order valence-electron chi connectivity index (χ2n) is 5.24. The average molecular weight is 256 g/mol. The van der Waals surface area contributed by atoms with Crippen LogP contribution in [-0.2, 0) is 9.53 Å². The number of carboxylic acid groups (broad SMARTS) is 1. The van der Waals surface area contributed by atoms with Crippen molar-refractivity contribution in [3.63, 3.8) is 0 Å². The van der Waals surface area contributed by atoms with Gasteiger partial charge in [-0.25, -0.2) is 4.79 Å². The Kier molecular flexibility index (Phi) is 3.75. The van der Waals surface area contributed by atoms with E-state index < -0.39 is 11.9 Å². The molecule has 18 heavy (non-hydrogen) atoms. The van der Waals surface area contributed by atoms with E-state index in [1.165, 1.54) is 0 Å². The van der Waals surface area contributed by atoms with Crippen molar-refractivity contribution in [1.29, 1.82) is 0 Å². The predicted molar refractivity (Wildman–Crippen MR) is 64.2 cm³/mol. The first-order chi connectivity index (χ1) is 8.49. The van der Waals surface area contributed by atoms with E-state index in [2.05, 4.69) is 0 Å². The Bertz CT molecular complexity index is 347. The molecule has 102 valence electrons. The van der Waals surface area contributed by atoms with Crippen molar-refractivity contribution in [2.75, 3.05) is 32.8 Å². The zero-order valence-corrected chi connectivity index (χ0v) is 10.8. The van der Waals surface area contributed by atoms with Gasteiger partial charge in [-0.05, 0) is 12.8 Å². The van der Waals surface area contributed by atoms with E-state index in [-0.39, 0.29) is 18.1 Å². The molecule has 0 radical (unpaired) electrons. The van der Waals surface area contributed by atoms with Gasteiger partial charge in [0.15, 0.2) is 0 Å². The van der Waals surface area contributed by atoms with Crippen molar-refractivity contribution in [3.8, 4) is 0 Å². The summed E-state index contributed by atoms with van der Waals surface area (Å²) in [5.41, 5.74) is 0. The Labute approximate surface area is 106 Å². The molecule has 0 aromatic rings. The summed E-state index contributed by atoms with van der Waals surface area (Å²) in [6.45, 7) is 6.40. The molecule has 2 fully saturated rings. The molecule has 2 aliphatic rings. The summed E-state index contributed by atoms with van der Waals surface area (Å²) >= 11 is 0. The maximum Gasteiger partial charge on any atom is 0.320 e. The lowest BCUT2D eigenvalue weighted by atomic mass is 9.99. The largest absolute Gasteiger partial charge is 0.481 e. The van der Waals surface area contributed by atoms with Crippen molar-refractivity contribution in [3.05, 3.63) is 0 Å². The molecule has 1 unspecified atom stereocenters. The minimum Gasteiger partial charge on any atom is -0.481 e. The summed E-state index contributed by atoms with van der Waals surface area (Å²) in [5, 5.41) is 9.06. The molecule has 2 saturated heterocycles. The van der Waals surface area contributed by atoms with E-state index in [0.717, 1.165) is 0 Å². The second kappa shape index (κ2) is 5.14. The molecule has 0 aromatic heterocycles. The predicted octanol–water partition coefficient (Wildman–Crippen LogP) is 0.480. The highest BCUT2D eigenvalue weighted by molar-refractivity contribution is 5.77. The first kappa shape index (κ1) is 13.1. The summed E-state index contributed by atoms with van der Waals surface area (Å²) < 4.78 is 5.39. The van der Waals surface area contributed by atoms with Crippen LogP contribution in [0.2, 0.25) is 0 Å². The Morgan fingerprint density at radius 1 is 1.17 bits per heavy atom. The molecular weight excluding hydrogens is 236 g/mol. The van der Waals surface area contributed by atoms with E-state index in [9.17, 15) is 9.59 Å². The van der Waals surface area contributed by atoms with E-state index in [4.69, 9.17) is 9.84 Å². The number of hydrogen-bond donors (Lipinski definition) is 1. The zero-order valence-electron chi connectivity index (χ0n) is 10.8. The molecule has 2 aliphatic heterocycles. The number of rotatable bonds is 1. The number of nitrogens with zero attached hydrogens (tertiary/aromatic N) is 2. The van der Waals surface area contributed by atoms with Gasteiger partial charge in [0, 0.05) is 26.2 Å². The number of likely N-dealkylation sites (tertiary alicyclic amines) is 1. The molecule has 6 nitrogen and oxygen atoms in total. The minimum atomic E-state index is -0.812.